The highest BCUT2D eigenvalue weighted by atomic mass is 32.2. The monoisotopic (exact) mass is 376 g/mol. The van der Waals surface area contributed by atoms with Crippen molar-refractivity contribution in [2.24, 2.45) is 13.0 Å². The van der Waals surface area contributed by atoms with Gasteiger partial charge in [0.05, 0.1) is 0 Å². The summed E-state index contributed by atoms with van der Waals surface area (Å²) in [5.41, 5.74) is 0.846. The van der Waals surface area contributed by atoms with Crippen molar-refractivity contribution in [3.8, 4) is 0 Å². The summed E-state index contributed by atoms with van der Waals surface area (Å²) >= 11 is 1.47. The second kappa shape index (κ2) is 7.49. The molecule has 0 saturated carbocycles. The Morgan fingerprint density at radius 3 is 2.58 bits per heavy atom. The molecule has 0 aliphatic heterocycles. The van der Waals surface area contributed by atoms with Crippen molar-refractivity contribution in [1.82, 2.24) is 19.1 Å². The molecule has 0 aliphatic carbocycles. The van der Waals surface area contributed by atoms with Crippen LogP contribution in [0.1, 0.15) is 25.8 Å². The maximum atomic E-state index is 13.1. The van der Waals surface area contributed by atoms with E-state index in [1.807, 2.05) is 4.57 Å². The first-order chi connectivity index (χ1) is 12.4. The SMILES string of the molecule is CC(C)CCn1c(SCc2ccc(F)cc2)nc2c1c(=O)[nH]c(=O)n2C. The van der Waals surface area contributed by atoms with Crippen LogP contribution in [-0.2, 0) is 19.3 Å². The van der Waals surface area contributed by atoms with Crippen molar-refractivity contribution in [2.75, 3.05) is 0 Å². The van der Waals surface area contributed by atoms with Crippen LogP contribution in [0.5, 0.6) is 0 Å². The molecule has 0 spiro atoms. The van der Waals surface area contributed by atoms with E-state index in [0.717, 1.165) is 12.0 Å². The van der Waals surface area contributed by atoms with Crippen LogP contribution in [0.25, 0.3) is 11.2 Å². The number of aromatic amines is 1. The van der Waals surface area contributed by atoms with Gasteiger partial charge in [-0.2, -0.15) is 0 Å². The minimum atomic E-state index is -0.480. The number of hydrogen-bond acceptors (Lipinski definition) is 4. The third kappa shape index (κ3) is 3.75. The van der Waals surface area contributed by atoms with Gasteiger partial charge >= 0.3 is 5.69 Å². The van der Waals surface area contributed by atoms with Crippen molar-refractivity contribution in [3.63, 3.8) is 0 Å². The van der Waals surface area contributed by atoms with E-state index in [1.165, 1.54) is 28.5 Å². The second-order valence-corrected chi connectivity index (χ2v) is 7.58. The Morgan fingerprint density at radius 2 is 1.92 bits per heavy atom. The van der Waals surface area contributed by atoms with Gasteiger partial charge in [-0.15, -0.1) is 0 Å². The summed E-state index contributed by atoms with van der Waals surface area (Å²) < 4.78 is 16.3. The van der Waals surface area contributed by atoms with Crippen molar-refractivity contribution in [1.29, 1.82) is 0 Å². The molecule has 1 aromatic carbocycles. The van der Waals surface area contributed by atoms with Crippen LogP contribution >= 0.6 is 11.8 Å². The zero-order valence-corrected chi connectivity index (χ0v) is 15.8. The molecule has 8 heteroatoms. The molecule has 0 bridgehead atoms. The highest BCUT2D eigenvalue weighted by Gasteiger charge is 2.18. The number of nitrogens with zero attached hydrogens (tertiary/aromatic N) is 3. The highest BCUT2D eigenvalue weighted by molar-refractivity contribution is 7.98. The van der Waals surface area contributed by atoms with Crippen molar-refractivity contribution >= 4 is 22.9 Å². The number of nitrogens with one attached hydrogen (secondary N) is 1. The molecule has 3 rings (SSSR count). The van der Waals surface area contributed by atoms with E-state index < -0.39 is 11.2 Å². The molecule has 3 aromatic rings. The summed E-state index contributed by atoms with van der Waals surface area (Å²) in [6.45, 7) is 4.87. The number of benzene rings is 1. The molecule has 0 saturated heterocycles. The predicted octanol–water partition coefficient (Wildman–Crippen LogP) is 2.90. The molecule has 26 heavy (non-hydrogen) atoms. The first kappa shape index (κ1) is 18.4. The van der Waals surface area contributed by atoms with E-state index in [-0.39, 0.29) is 5.82 Å². The molecule has 0 fully saturated rings. The largest absolute Gasteiger partial charge is 0.329 e. The minimum absolute atomic E-state index is 0.274. The Morgan fingerprint density at radius 1 is 1.23 bits per heavy atom. The minimum Gasteiger partial charge on any atom is -0.313 e. The number of rotatable bonds is 6. The van der Waals surface area contributed by atoms with Crippen molar-refractivity contribution in [2.45, 2.75) is 37.7 Å². The Hall–Kier alpha value is -2.35. The molecule has 2 heterocycles. The van der Waals surface area contributed by atoms with Gasteiger partial charge in [-0.25, -0.2) is 14.2 Å². The fraction of sp³-hybridized carbons (Fsp3) is 0.389. The van der Waals surface area contributed by atoms with Crippen molar-refractivity contribution in [3.05, 3.63) is 56.5 Å². The molecule has 1 N–H and O–H groups in total. The number of aromatic nitrogens is 4. The van der Waals surface area contributed by atoms with Crippen LogP contribution in [0.3, 0.4) is 0 Å². The summed E-state index contributed by atoms with van der Waals surface area (Å²) in [7, 11) is 1.59. The van der Waals surface area contributed by atoms with E-state index in [0.29, 0.717) is 34.5 Å². The Labute approximate surface area is 154 Å². The molecular weight excluding hydrogens is 355 g/mol. The zero-order chi connectivity index (χ0) is 18.8. The Bertz CT molecular complexity index is 1030. The smallest absolute Gasteiger partial charge is 0.313 e. The lowest BCUT2D eigenvalue weighted by atomic mass is 10.1. The van der Waals surface area contributed by atoms with Crippen LogP contribution in [0.4, 0.5) is 4.39 Å². The number of imidazole rings is 1. The summed E-state index contributed by atoms with van der Waals surface area (Å²) in [4.78, 5) is 31.1. The molecular formula is C18H21FN4O2S. The van der Waals surface area contributed by atoms with Gasteiger partial charge < -0.3 is 4.57 Å². The number of thioether (sulfide) groups is 1. The number of halogens is 1. The van der Waals surface area contributed by atoms with Crippen LogP contribution in [0, 0.1) is 11.7 Å². The molecule has 0 aliphatic rings. The second-order valence-electron chi connectivity index (χ2n) is 6.63. The van der Waals surface area contributed by atoms with Gasteiger partial charge in [0.1, 0.15) is 5.82 Å². The molecule has 0 atom stereocenters. The van der Waals surface area contributed by atoms with Gasteiger partial charge in [-0.1, -0.05) is 37.7 Å². The number of fused-ring (bicyclic) bond motifs is 1. The third-order valence-corrected chi connectivity index (χ3v) is 5.23. The van der Waals surface area contributed by atoms with E-state index >= 15 is 0 Å². The van der Waals surface area contributed by atoms with Gasteiger partial charge in [-0.3, -0.25) is 14.3 Å². The van der Waals surface area contributed by atoms with E-state index in [2.05, 4.69) is 23.8 Å². The topological polar surface area (TPSA) is 72.7 Å². The average molecular weight is 376 g/mol. The van der Waals surface area contributed by atoms with Gasteiger partial charge in [0.2, 0.25) is 0 Å². The summed E-state index contributed by atoms with van der Waals surface area (Å²) in [6.07, 6.45) is 0.887. The summed E-state index contributed by atoms with van der Waals surface area (Å²) in [5.74, 6) is 0.787. The predicted molar refractivity (Wildman–Crippen MR) is 101 cm³/mol. The lowest BCUT2D eigenvalue weighted by molar-refractivity contribution is 0.503. The summed E-state index contributed by atoms with van der Waals surface area (Å²) in [6, 6.07) is 6.30. The van der Waals surface area contributed by atoms with Gasteiger partial charge in [0.15, 0.2) is 16.3 Å². The van der Waals surface area contributed by atoms with Crippen LogP contribution in [0.15, 0.2) is 39.0 Å². The first-order valence-electron chi connectivity index (χ1n) is 8.43. The lowest BCUT2D eigenvalue weighted by Gasteiger charge is -2.10. The van der Waals surface area contributed by atoms with Crippen LogP contribution < -0.4 is 11.2 Å². The molecule has 2 aromatic heterocycles. The standard InChI is InChI=1S/C18H21FN4O2S/c1-11(2)8-9-23-14-15(22(3)17(25)21-16(14)24)20-18(23)26-10-12-4-6-13(19)7-5-12/h4-7,11H,8-10H2,1-3H3,(H,21,24,25). The van der Waals surface area contributed by atoms with Crippen LogP contribution in [0.2, 0.25) is 0 Å². The maximum Gasteiger partial charge on any atom is 0.329 e. The molecule has 0 radical (unpaired) electrons. The molecule has 138 valence electrons. The fourth-order valence-electron chi connectivity index (χ4n) is 2.65. The quantitative estimate of drug-likeness (QED) is 0.672. The Kier molecular flexibility index (Phi) is 5.31. The lowest BCUT2D eigenvalue weighted by Crippen LogP contribution is -2.29. The molecule has 6 nitrogen and oxygen atoms in total. The number of aryl methyl sites for hydroxylation is 2. The third-order valence-electron chi connectivity index (χ3n) is 4.18. The maximum absolute atomic E-state index is 13.1. The zero-order valence-electron chi connectivity index (χ0n) is 15.0. The van der Waals surface area contributed by atoms with Gasteiger partial charge in [0.25, 0.3) is 5.56 Å². The average Bonchev–Trinajstić information content (AvgIpc) is 2.96. The molecule has 0 amide bonds. The highest BCUT2D eigenvalue weighted by Crippen LogP contribution is 2.26. The van der Waals surface area contributed by atoms with E-state index in [9.17, 15) is 14.0 Å². The van der Waals surface area contributed by atoms with Crippen molar-refractivity contribution < 1.29 is 4.39 Å². The van der Waals surface area contributed by atoms with Gasteiger partial charge in [-0.05, 0) is 30.0 Å². The fourth-order valence-corrected chi connectivity index (χ4v) is 3.63. The van der Waals surface area contributed by atoms with E-state index in [4.69, 9.17) is 0 Å². The number of hydrogen-bond donors (Lipinski definition) is 1. The van der Waals surface area contributed by atoms with Crippen LogP contribution in [-0.4, -0.2) is 19.1 Å². The van der Waals surface area contributed by atoms with E-state index in [1.54, 1.807) is 19.2 Å². The normalized spacial score (nSPS) is 11.6. The van der Waals surface area contributed by atoms with Gasteiger partial charge in [0, 0.05) is 19.3 Å². The summed E-state index contributed by atoms with van der Waals surface area (Å²) in [5, 5.41) is 0.677. The Balaban J connectivity index is 2.02. The number of H-pyrrole nitrogens is 1. The first-order valence-corrected chi connectivity index (χ1v) is 9.42. The molecule has 0 unspecified atom stereocenters.